The van der Waals surface area contributed by atoms with Crippen LogP contribution in [0.4, 0.5) is 5.69 Å². The first kappa shape index (κ1) is 18.1. The minimum atomic E-state index is -0.0111. The van der Waals surface area contributed by atoms with Gasteiger partial charge in [-0.1, -0.05) is 18.5 Å². The minimum absolute atomic E-state index is 0. The summed E-state index contributed by atoms with van der Waals surface area (Å²) in [6.45, 7) is 2.65. The lowest BCUT2D eigenvalue weighted by atomic mass is 10.1. The highest BCUT2D eigenvalue weighted by molar-refractivity contribution is 6.31. The second-order valence-electron chi connectivity index (χ2n) is 5.25. The number of ether oxygens (including phenoxy) is 1. The first-order chi connectivity index (χ1) is 9.60. The van der Waals surface area contributed by atoms with Crippen molar-refractivity contribution in [2.75, 3.05) is 11.9 Å². The number of rotatable bonds is 5. The van der Waals surface area contributed by atoms with E-state index in [2.05, 4.69) is 5.32 Å². The van der Waals surface area contributed by atoms with Gasteiger partial charge in [0, 0.05) is 17.0 Å². The van der Waals surface area contributed by atoms with Crippen molar-refractivity contribution >= 4 is 35.6 Å². The van der Waals surface area contributed by atoms with Gasteiger partial charge in [0.15, 0.2) is 0 Å². The van der Waals surface area contributed by atoms with Gasteiger partial charge in [0.2, 0.25) is 5.91 Å². The quantitative estimate of drug-likeness (QED) is 0.865. The smallest absolute Gasteiger partial charge is 0.227 e. The summed E-state index contributed by atoms with van der Waals surface area (Å²) in [5.41, 5.74) is 6.49. The molecule has 118 valence electrons. The molecule has 1 amide bonds. The molecule has 3 N–H and O–H groups in total. The van der Waals surface area contributed by atoms with E-state index in [1.54, 1.807) is 18.2 Å². The molecule has 1 aromatic carbocycles. The largest absolute Gasteiger partial charge is 0.491 e. The van der Waals surface area contributed by atoms with Crippen LogP contribution < -0.4 is 15.8 Å². The summed E-state index contributed by atoms with van der Waals surface area (Å²) >= 11 is 5.99. The van der Waals surface area contributed by atoms with Crippen molar-refractivity contribution in [3.63, 3.8) is 0 Å². The zero-order valence-electron chi connectivity index (χ0n) is 12.1. The van der Waals surface area contributed by atoms with Crippen molar-refractivity contribution in [1.82, 2.24) is 0 Å². The lowest BCUT2D eigenvalue weighted by molar-refractivity contribution is -0.119. The first-order valence-corrected chi connectivity index (χ1v) is 7.46. The SMILES string of the molecule is CCCOc1ccc(Cl)cc1NC(=O)C1CCC(N)C1.Cl. The molecule has 0 radical (unpaired) electrons. The number of nitrogens with two attached hydrogens (primary N) is 1. The first-order valence-electron chi connectivity index (χ1n) is 7.09. The zero-order valence-corrected chi connectivity index (χ0v) is 13.7. The van der Waals surface area contributed by atoms with E-state index in [0.29, 0.717) is 23.1 Å². The Labute approximate surface area is 136 Å². The van der Waals surface area contributed by atoms with Crippen LogP contribution in [0.1, 0.15) is 32.6 Å². The predicted molar refractivity (Wildman–Crippen MR) is 88.4 cm³/mol. The summed E-state index contributed by atoms with van der Waals surface area (Å²) in [6, 6.07) is 5.40. The summed E-state index contributed by atoms with van der Waals surface area (Å²) in [7, 11) is 0. The molecule has 0 spiro atoms. The van der Waals surface area contributed by atoms with Crippen molar-refractivity contribution in [1.29, 1.82) is 0 Å². The molecule has 0 heterocycles. The van der Waals surface area contributed by atoms with Gasteiger partial charge in [-0.25, -0.2) is 0 Å². The molecule has 21 heavy (non-hydrogen) atoms. The van der Waals surface area contributed by atoms with Gasteiger partial charge in [0.1, 0.15) is 5.75 Å². The summed E-state index contributed by atoms with van der Waals surface area (Å²) in [4.78, 5) is 12.2. The molecular weight excluding hydrogens is 311 g/mol. The third-order valence-electron chi connectivity index (χ3n) is 3.51. The summed E-state index contributed by atoms with van der Waals surface area (Å²) in [5, 5.41) is 3.49. The number of hydrogen-bond donors (Lipinski definition) is 2. The van der Waals surface area contributed by atoms with E-state index in [4.69, 9.17) is 22.1 Å². The predicted octanol–water partition coefficient (Wildman–Crippen LogP) is 3.62. The van der Waals surface area contributed by atoms with E-state index in [0.717, 1.165) is 25.7 Å². The lowest BCUT2D eigenvalue weighted by Gasteiger charge is -2.15. The topological polar surface area (TPSA) is 64.3 Å². The normalized spacial score (nSPS) is 20.7. The van der Waals surface area contributed by atoms with E-state index < -0.39 is 0 Å². The molecule has 1 aliphatic carbocycles. The molecule has 1 aliphatic rings. The Bertz CT molecular complexity index is 483. The molecule has 6 heteroatoms. The Morgan fingerprint density at radius 3 is 2.86 bits per heavy atom. The van der Waals surface area contributed by atoms with Gasteiger partial charge in [-0.3, -0.25) is 4.79 Å². The highest BCUT2D eigenvalue weighted by Gasteiger charge is 2.28. The number of halogens is 2. The van der Waals surface area contributed by atoms with Crippen molar-refractivity contribution in [2.45, 2.75) is 38.6 Å². The number of carbonyl (C=O) groups is 1. The van der Waals surface area contributed by atoms with Crippen LogP contribution in [0.15, 0.2) is 18.2 Å². The van der Waals surface area contributed by atoms with Crippen molar-refractivity contribution in [2.24, 2.45) is 11.7 Å². The van der Waals surface area contributed by atoms with Crippen molar-refractivity contribution in [3.05, 3.63) is 23.2 Å². The molecule has 1 saturated carbocycles. The minimum Gasteiger partial charge on any atom is -0.491 e. The van der Waals surface area contributed by atoms with Gasteiger partial charge < -0.3 is 15.8 Å². The number of carbonyl (C=O) groups excluding carboxylic acids is 1. The van der Waals surface area contributed by atoms with Gasteiger partial charge in [0.05, 0.1) is 12.3 Å². The van der Waals surface area contributed by atoms with E-state index in [1.807, 2.05) is 6.92 Å². The molecule has 0 bridgehead atoms. The van der Waals surface area contributed by atoms with Gasteiger partial charge in [0.25, 0.3) is 0 Å². The fraction of sp³-hybridized carbons (Fsp3) is 0.533. The van der Waals surface area contributed by atoms with Crippen molar-refractivity contribution in [3.8, 4) is 5.75 Å². The average Bonchev–Trinajstić information content (AvgIpc) is 2.85. The van der Waals surface area contributed by atoms with E-state index in [-0.39, 0.29) is 30.3 Å². The van der Waals surface area contributed by atoms with Crippen LogP contribution in [0.25, 0.3) is 0 Å². The maximum Gasteiger partial charge on any atom is 0.227 e. The van der Waals surface area contributed by atoms with Gasteiger partial charge >= 0.3 is 0 Å². The van der Waals surface area contributed by atoms with E-state index in [1.165, 1.54) is 0 Å². The molecular formula is C15H22Cl2N2O2. The monoisotopic (exact) mass is 332 g/mol. The van der Waals surface area contributed by atoms with Crippen molar-refractivity contribution < 1.29 is 9.53 Å². The molecule has 1 aromatic rings. The van der Waals surface area contributed by atoms with Crippen LogP contribution in [-0.2, 0) is 4.79 Å². The highest BCUT2D eigenvalue weighted by atomic mass is 35.5. The summed E-state index contributed by atoms with van der Waals surface area (Å²) < 4.78 is 5.63. The Morgan fingerprint density at radius 2 is 2.24 bits per heavy atom. The molecule has 2 unspecified atom stereocenters. The Balaban J connectivity index is 0.00000220. The van der Waals surface area contributed by atoms with Crippen LogP contribution in [0.2, 0.25) is 5.02 Å². The second kappa shape index (κ2) is 8.47. The van der Waals surface area contributed by atoms with Crippen LogP contribution >= 0.6 is 24.0 Å². The molecule has 0 saturated heterocycles. The summed E-state index contributed by atoms with van der Waals surface area (Å²) in [5.74, 6) is 0.650. The van der Waals surface area contributed by atoms with Crippen LogP contribution in [0.3, 0.4) is 0 Å². The third kappa shape index (κ3) is 5.06. The Hall–Kier alpha value is -0.970. The maximum absolute atomic E-state index is 12.2. The fourth-order valence-electron chi connectivity index (χ4n) is 2.43. The van der Waals surface area contributed by atoms with Gasteiger partial charge in [-0.05, 0) is 43.9 Å². The lowest BCUT2D eigenvalue weighted by Crippen LogP contribution is -2.23. The summed E-state index contributed by atoms with van der Waals surface area (Å²) in [6.07, 6.45) is 3.41. The molecule has 2 rings (SSSR count). The van der Waals surface area contributed by atoms with Gasteiger partial charge in [-0.2, -0.15) is 0 Å². The fourth-order valence-corrected chi connectivity index (χ4v) is 2.60. The number of benzene rings is 1. The molecule has 0 aromatic heterocycles. The van der Waals surface area contributed by atoms with Crippen LogP contribution in [0, 0.1) is 5.92 Å². The van der Waals surface area contributed by atoms with Crippen LogP contribution in [-0.4, -0.2) is 18.6 Å². The molecule has 1 fully saturated rings. The second-order valence-corrected chi connectivity index (χ2v) is 5.68. The molecule has 4 nitrogen and oxygen atoms in total. The standard InChI is InChI=1S/C15H21ClN2O2.ClH/c1-2-7-20-14-6-4-11(16)9-13(14)18-15(19)10-3-5-12(17)8-10;/h4,6,9-10,12H,2-3,5,7-8,17H2,1H3,(H,18,19);1H. The number of hydrogen-bond acceptors (Lipinski definition) is 3. The van der Waals surface area contributed by atoms with Crippen LogP contribution in [0.5, 0.6) is 5.75 Å². The third-order valence-corrected chi connectivity index (χ3v) is 3.74. The maximum atomic E-state index is 12.2. The average molecular weight is 333 g/mol. The highest BCUT2D eigenvalue weighted by Crippen LogP contribution is 2.31. The zero-order chi connectivity index (χ0) is 14.5. The molecule has 0 aliphatic heterocycles. The van der Waals surface area contributed by atoms with E-state index in [9.17, 15) is 4.79 Å². The Kier molecular flexibility index (Phi) is 7.29. The number of nitrogens with one attached hydrogen (secondary N) is 1. The van der Waals surface area contributed by atoms with E-state index >= 15 is 0 Å². The number of anilines is 1. The Morgan fingerprint density at radius 1 is 1.48 bits per heavy atom. The number of amides is 1. The van der Waals surface area contributed by atoms with Gasteiger partial charge in [-0.15, -0.1) is 12.4 Å². The molecule has 2 atom stereocenters.